The molecular weight excluding hydrogens is 300 g/mol. The number of rotatable bonds is 3. The first kappa shape index (κ1) is 14.9. The molecule has 22 heavy (non-hydrogen) atoms. The summed E-state index contributed by atoms with van der Waals surface area (Å²) >= 11 is 0. The van der Waals surface area contributed by atoms with Gasteiger partial charge in [0.15, 0.2) is 0 Å². The maximum Gasteiger partial charge on any atom is 0.339 e. The minimum Gasteiger partial charge on any atom is -0.492 e. The van der Waals surface area contributed by atoms with Gasteiger partial charge in [-0.05, 0) is 37.3 Å². The van der Waals surface area contributed by atoms with E-state index in [1.165, 1.54) is 0 Å². The Morgan fingerprint density at radius 1 is 1.09 bits per heavy atom. The van der Waals surface area contributed by atoms with Crippen molar-refractivity contribution in [3.05, 3.63) is 53.6 Å². The molecule has 0 atom stereocenters. The molecule has 1 aliphatic rings. The van der Waals surface area contributed by atoms with Crippen molar-refractivity contribution < 1.29 is 17.3 Å². The zero-order valence-electron chi connectivity index (χ0n) is 12.8. The molecule has 0 aromatic heterocycles. The minimum atomic E-state index is -3.83. The van der Waals surface area contributed by atoms with E-state index in [4.69, 9.17) is 8.92 Å². The average molecular weight is 318 g/mol. The largest absolute Gasteiger partial charge is 0.492 e. The maximum atomic E-state index is 12.3. The molecule has 5 heteroatoms. The molecule has 1 heterocycles. The Kier molecular flexibility index (Phi) is 3.40. The Morgan fingerprint density at radius 3 is 2.45 bits per heavy atom. The molecule has 0 unspecified atom stereocenters. The Hall–Kier alpha value is -2.01. The van der Waals surface area contributed by atoms with E-state index < -0.39 is 10.1 Å². The predicted molar refractivity (Wildman–Crippen MR) is 84.0 cm³/mol. The van der Waals surface area contributed by atoms with E-state index >= 15 is 0 Å². The number of ether oxygens (including phenoxy) is 1. The summed E-state index contributed by atoms with van der Waals surface area (Å²) < 4.78 is 35.5. The fourth-order valence-corrected chi connectivity index (χ4v) is 3.35. The summed E-state index contributed by atoms with van der Waals surface area (Å²) in [5, 5.41) is 0. The molecule has 0 amide bonds. The first-order chi connectivity index (χ1) is 10.3. The van der Waals surface area contributed by atoms with Crippen LogP contribution in [0.3, 0.4) is 0 Å². The zero-order valence-corrected chi connectivity index (χ0v) is 13.6. The van der Waals surface area contributed by atoms with Crippen molar-refractivity contribution in [2.45, 2.75) is 31.1 Å². The lowest BCUT2D eigenvalue weighted by molar-refractivity contribution is 0.291. The van der Waals surface area contributed by atoms with Crippen molar-refractivity contribution >= 4 is 10.1 Å². The Labute approximate surface area is 130 Å². The van der Waals surface area contributed by atoms with Crippen LogP contribution < -0.4 is 8.92 Å². The standard InChI is InChI=1S/C17H18O4S/c1-12-4-7-14(8-5-12)22(18,19)21-13-6-9-16-15(10-13)17(2,3)11-20-16/h4-10H,11H2,1-3H3. The zero-order chi connectivity index (χ0) is 16.0. The summed E-state index contributed by atoms with van der Waals surface area (Å²) in [6.45, 7) is 6.59. The summed E-state index contributed by atoms with van der Waals surface area (Å²) in [5.41, 5.74) is 1.81. The number of fused-ring (bicyclic) bond motifs is 1. The van der Waals surface area contributed by atoms with Gasteiger partial charge in [0.1, 0.15) is 16.4 Å². The summed E-state index contributed by atoms with van der Waals surface area (Å²) in [4.78, 5) is 0.147. The van der Waals surface area contributed by atoms with Crippen molar-refractivity contribution in [1.82, 2.24) is 0 Å². The average Bonchev–Trinajstić information content (AvgIpc) is 2.75. The van der Waals surface area contributed by atoms with Gasteiger partial charge in [-0.2, -0.15) is 8.42 Å². The lowest BCUT2D eigenvalue weighted by Crippen LogP contribution is -2.18. The summed E-state index contributed by atoms with van der Waals surface area (Å²) in [5.74, 6) is 1.09. The summed E-state index contributed by atoms with van der Waals surface area (Å²) in [6.07, 6.45) is 0. The molecule has 1 aliphatic heterocycles. The van der Waals surface area contributed by atoms with Crippen molar-refractivity contribution in [3.63, 3.8) is 0 Å². The molecule has 0 spiro atoms. The van der Waals surface area contributed by atoms with E-state index in [2.05, 4.69) is 13.8 Å². The molecule has 4 nitrogen and oxygen atoms in total. The van der Waals surface area contributed by atoms with Crippen molar-refractivity contribution in [3.8, 4) is 11.5 Å². The van der Waals surface area contributed by atoms with Crippen LogP contribution in [0, 0.1) is 6.92 Å². The third-order valence-corrected chi connectivity index (χ3v) is 5.05. The van der Waals surface area contributed by atoms with E-state index in [1.807, 2.05) is 6.92 Å². The van der Waals surface area contributed by atoms with Gasteiger partial charge in [0.2, 0.25) is 0 Å². The fraction of sp³-hybridized carbons (Fsp3) is 0.294. The SMILES string of the molecule is Cc1ccc(S(=O)(=O)Oc2ccc3c(c2)C(C)(C)CO3)cc1. The van der Waals surface area contributed by atoms with Crippen LogP contribution in [0.2, 0.25) is 0 Å². The molecule has 2 aromatic carbocycles. The van der Waals surface area contributed by atoms with E-state index in [0.29, 0.717) is 12.4 Å². The van der Waals surface area contributed by atoms with E-state index in [-0.39, 0.29) is 10.3 Å². The highest BCUT2D eigenvalue weighted by Crippen LogP contribution is 2.40. The summed E-state index contributed by atoms with van der Waals surface area (Å²) in [6, 6.07) is 11.7. The van der Waals surface area contributed by atoms with Gasteiger partial charge in [-0.15, -0.1) is 0 Å². The first-order valence-electron chi connectivity index (χ1n) is 7.06. The van der Waals surface area contributed by atoms with Crippen LogP contribution in [0.15, 0.2) is 47.4 Å². The van der Waals surface area contributed by atoms with Crippen LogP contribution in [0.4, 0.5) is 0 Å². The van der Waals surface area contributed by atoms with Gasteiger partial charge in [-0.3, -0.25) is 0 Å². The molecular formula is C17H18O4S. The van der Waals surface area contributed by atoms with Crippen molar-refractivity contribution in [2.75, 3.05) is 6.61 Å². The molecule has 116 valence electrons. The van der Waals surface area contributed by atoms with Gasteiger partial charge in [-0.1, -0.05) is 31.5 Å². The third kappa shape index (κ3) is 2.68. The number of aryl methyl sites for hydroxylation is 1. The molecule has 0 aliphatic carbocycles. The van der Waals surface area contributed by atoms with E-state index in [0.717, 1.165) is 16.9 Å². The molecule has 3 rings (SSSR count). The van der Waals surface area contributed by atoms with E-state index in [1.54, 1.807) is 42.5 Å². The molecule has 0 saturated heterocycles. The first-order valence-corrected chi connectivity index (χ1v) is 8.47. The smallest absolute Gasteiger partial charge is 0.339 e. The van der Waals surface area contributed by atoms with Crippen LogP contribution in [-0.2, 0) is 15.5 Å². The Morgan fingerprint density at radius 2 is 1.77 bits per heavy atom. The van der Waals surface area contributed by atoms with Crippen LogP contribution in [0.1, 0.15) is 25.0 Å². The van der Waals surface area contributed by atoms with Gasteiger partial charge in [-0.25, -0.2) is 0 Å². The van der Waals surface area contributed by atoms with Gasteiger partial charge >= 0.3 is 10.1 Å². The van der Waals surface area contributed by atoms with Gasteiger partial charge in [0, 0.05) is 11.0 Å². The predicted octanol–water partition coefficient (Wildman–Crippen LogP) is 3.43. The Bertz CT molecular complexity index is 805. The van der Waals surface area contributed by atoms with Crippen LogP contribution in [-0.4, -0.2) is 15.0 Å². The molecule has 0 saturated carbocycles. The highest BCUT2D eigenvalue weighted by molar-refractivity contribution is 7.87. The number of benzene rings is 2. The summed E-state index contributed by atoms with van der Waals surface area (Å²) in [7, 11) is -3.83. The second-order valence-electron chi connectivity index (χ2n) is 6.18. The van der Waals surface area contributed by atoms with Crippen molar-refractivity contribution in [2.24, 2.45) is 0 Å². The third-order valence-electron chi connectivity index (χ3n) is 3.78. The second kappa shape index (κ2) is 5.02. The van der Waals surface area contributed by atoms with Crippen LogP contribution in [0.25, 0.3) is 0 Å². The second-order valence-corrected chi connectivity index (χ2v) is 7.73. The monoisotopic (exact) mass is 318 g/mol. The van der Waals surface area contributed by atoms with Gasteiger partial charge < -0.3 is 8.92 Å². The number of hydrogen-bond acceptors (Lipinski definition) is 4. The number of hydrogen-bond donors (Lipinski definition) is 0. The lowest BCUT2D eigenvalue weighted by atomic mass is 9.87. The highest BCUT2D eigenvalue weighted by atomic mass is 32.2. The molecule has 0 N–H and O–H groups in total. The highest BCUT2D eigenvalue weighted by Gasteiger charge is 2.32. The molecule has 0 fully saturated rings. The molecule has 0 radical (unpaired) electrons. The molecule has 2 aromatic rings. The lowest BCUT2D eigenvalue weighted by Gasteiger charge is -2.16. The van der Waals surface area contributed by atoms with Crippen LogP contribution >= 0.6 is 0 Å². The van der Waals surface area contributed by atoms with Gasteiger partial charge in [0.05, 0.1) is 6.61 Å². The van der Waals surface area contributed by atoms with E-state index in [9.17, 15) is 8.42 Å². The van der Waals surface area contributed by atoms with Gasteiger partial charge in [0.25, 0.3) is 0 Å². The Balaban J connectivity index is 1.92. The normalized spacial score (nSPS) is 16.0. The fourth-order valence-electron chi connectivity index (χ4n) is 2.43. The maximum absolute atomic E-state index is 12.3. The molecule has 0 bridgehead atoms. The quantitative estimate of drug-likeness (QED) is 0.814. The van der Waals surface area contributed by atoms with Crippen LogP contribution in [0.5, 0.6) is 11.5 Å². The minimum absolute atomic E-state index is 0.147. The van der Waals surface area contributed by atoms with Crippen molar-refractivity contribution in [1.29, 1.82) is 0 Å². The topological polar surface area (TPSA) is 52.6 Å².